The lowest BCUT2D eigenvalue weighted by atomic mass is 10.1. The second kappa shape index (κ2) is 10.2. The summed E-state index contributed by atoms with van der Waals surface area (Å²) in [6, 6.07) is 17.9. The van der Waals surface area contributed by atoms with E-state index in [9.17, 15) is 4.79 Å². The first kappa shape index (κ1) is 23.1. The molecular weight excluding hydrogens is 434 g/mol. The molecule has 33 heavy (non-hydrogen) atoms. The lowest BCUT2D eigenvalue weighted by molar-refractivity contribution is 0.1000. The number of benzene rings is 2. The molecule has 1 fully saturated rings. The highest BCUT2D eigenvalue weighted by Gasteiger charge is 2.29. The molecule has 0 spiro atoms. The van der Waals surface area contributed by atoms with E-state index in [1.54, 1.807) is 12.1 Å². The molecule has 2 N–H and O–H groups in total. The van der Waals surface area contributed by atoms with Gasteiger partial charge in [-0.1, -0.05) is 42.1 Å². The first-order valence-electron chi connectivity index (χ1n) is 11.0. The number of hydrogen-bond acceptors (Lipinski definition) is 7. The van der Waals surface area contributed by atoms with Gasteiger partial charge in [-0.05, 0) is 50.7 Å². The number of aromatic nitrogens is 2. The fourth-order valence-electron chi connectivity index (χ4n) is 3.78. The molecule has 4 rings (SSSR count). The van der Waals surface area contributed by atoms with Crippen molar-refractivity contribution in [1.29, 1.82) is 0 Å². The zero-order valence-corrected chi connectivity index (χ0v) is 20.0. The maximum absolute atomic E-state index is 11.4. The zero-order valence-electron chi connectivity index (χ0n) is 19.1. The minimum absolute atomic E-state index is 0.299. The molecule has 1 aliphatic rings. The van der Waals surface area contributed by atoms with Crippen molar-refractivity contribution in [3.8, 4) is 5.88 Å². The van der Waals surface area contributed by atoms with Gasteiger partial charge in [0, 0.05) is 35.6 Å². The molecule has 1 aliphatic heterocycles. The van der Waals surface area contributed by atoms with Gasteiger partial charge in [-0.25, -0.2) is 4.98 Å². The van der Waals surface area contributed by atoms with Gasteiger partial charge in [0.25, 0.3) is 0 Å². The number of carbonyl (C=O) groups excluding carboxylic acids is 1. The Morgan fingerprint density at radius 1 is 1.09 bits per heavy atom. The fourth-order valence-corrected chi connectivity index (χ4v) is 4.60. The number of hydrogen-bond donors (Lipinski definition) is 1. The molecule has 2 aromatic carbocycles. The first-order valence-corrected chi connectivity index (χ1v) is 11.8. The Labute approximate surface area is 199 Å². The number of likely N-dealkylation sites (N-methyl/N-ethyl adjacent to an activating group) is 1. The Bertz CT molecular complexity index is 1090. The SMILES string of the molecule is CC1CN(c2ncc(Sc3ccc(C(N)=O)cc3)c(OCc3ccccc3)n2)C(C)CN1C. The van der Waals surface area contributed by atoms with Crippen molar-refractivity contribution < 1.29 is 9.53 Å². The van der Waals surface area contributed by atoms with Crippen LogP contribution in [0.3, 0.4) is 0 Å². The summed E-state index contributed by atoms with van der Waals surface area (Å²) >= 11 is 1.50. The van der Waals surface area contributed by atoms with E-state index in [0.29, 0.717) is 36.1 Å². The summed E-state index contributed by atoms with van der Waals surface area (Å²) in [6.07, 6.45) is 1.82. The quantitative estimate of drug-likeness (QED) is 0.570. The smallest absolute Gasteiger partial charge is 0.248 e. The maximum Gasteiger partial charge on any atom is 0.248 e. The van der Waals surface area contributed by atoms with Crippen LogP contribution in [0.5, 0.6) is 5.88 Å². The molecule has 0 radical (unpaired) electrons. The van der Waals surface area contributed by atoms with E-state index >= 15 is 0 Å². The first-order chi connectivity index (χ1) is 15.9. The summed E-state index contributed by atoms with van der Waals surface area (Å²) in [5, 5.41) is 0. The van der Waals surface area contributed by atoms with Crippen LogP contribution in [0.15, 0.2) is 70.6 Å². The number of rotatable bonds is 7. The van der Waals surface area contributed by atoms with Crippen molar-refractivity contribution in [2.45, 2.75) is 42.3 Å². The molecule has 0 saturated carbocycles. The van der Waals surface area contributed by atoms with Crippen LogP contribution in [0.1, 0.15) is 29.8 Å². The van der Waals surface area contributed by atoms with Crippen molar-refractivity contribution >= 4 is 23.6 Å². The van der Waals surface area contributed by atoms with Crippen molar-refractivity contribution in [2.24, 2.45) is 5.73 Å². The lowest BCUT2D eigenvalue weighted by Crippen LogP contribution is -2.55. The summed E-state index contributed by atoms with van der Waals surface area (Å²) in [5.41, 5.74) is 6.91. The third-order valence-electron chi connectivity index (χ3n) is 5.85. The van der Waals surface area contributed by atoms with Crippen molar-refractivity contribution in [2.75, 3.05) is 25.0 Å². The highest BCUT2D eigenvalue weighted by Crippen LogP contribution is 2.35. The summed E-state index contributed by atoms with van der Waals surface area (Å²) < 4.78 is 6.19. The number of amides is 1. The van der Waals surface area contributed by atoms with E-state index in [4.69, 9.17) is 20.4 Å². The third-order valence-corrected chi connectivity index (χ3v) is 6.86. The number of ether oxygens (including phenoxy) is 1. The van der Waals surface area contributed by atoms with Crippen LogP contribution >= 0.6 is 11.8 Å². The molecule has 0 bridgehead atoms. The monoisotopic (exact) mass is 463 g/mol. The van der Waals surface area contributed by atoms with Crippen LogP contribution in [-0.2, 0) is 6.61 Å². The highest BCUT2D eigenvalue weighted by atomic mass is 32.2. The van der Waals surface area contributed by atoms with Crippen molar-refractivity contribution in [3.63, 3.8) is 0 Å². The second-order valence-corrected chi connectivity index (χ2v) is 9.51. The van der Waals surface area contributed by atoms with Gasteiger partial charge in [-0.3, -0.25) is 9.69 Å². The minimum Gasteiger partial charge on any atom is -0.472 e. The zero-order chi connectivity index (χ0) is 23.4. The van der Waals surface area contributed by atoms with Gasteiger partial charge in [-0.2, -0.15) is 4.98 Å². The summed E-state index contributed by atoms with van der Waals surface area (Å²) in [7, 11) is 2.15. The molecule has 8 heteroatoms. The van der Waals surface area contributed by atoms with E-state index in [-0.39, 0.29) is 0 Å². The average Bonchev–Trinajstić information content (AvgIpc) is 2.82. The van der Waals surface area contributed by atoms with E-state index in [1.165, 1.54) is 11.8 Å². The fraction of sp³-hybridized carbons (Fsp3) is 0.320. The summed E-state index contributed by atoms with van der Waals surface area (Å²) in [6.45, 7) is 6.63. The highest BCUT2D eigenvalue weighted by molar-refractivity contribution is 7.99. The second-order valence-electron chi connectivity index (χ2n) is 8.39. The Balaban J connectivity index is 1.61. The van der Waals surface area contributed by atoms with Gasteiger partial charge in [0.1, 0.15) is 6.61 Å². The Morgan fingerprint density at radius 3 is 2.52 bits per heavy atom. The number of carbonyl (C=O) groups is 1. The van der Waals surface area contributed by atoms with Gasteiger partial charge in [0.15, 0.2) is 0 Å². The van der Waals surface area contributed by atoms with Gasteiger partial charge in [-0.15, -0.1) is 0 Å². The standard InChI is InChI=1S/C25H29N5O2S/c1-17-15-30(18(2)14-29(17)3)25-27-13-22(33-21-11-9-20(10-12-21)23(26)31)24(28-25)32-16-19-7-5-4-6-8-19/h4-13,17-18H,14-16H2,1-3H3,(H2,26,31). The third kappa shape index (κ3) is 5.64. The average molecular weight is 464 g/mol. The normalized spacial score (nSPS) is 18.8. The van der Waals surface area contributed by atoms with Crippen molar-refractivity contribution in [3.05, 3.63) is 71.9 Å². The predicted molar refractivity (Wildman–Crippen MR) is 131 cm³/mol. The van der Waals surface area contributed by atoms with Crippen LogP contribution in [0.4, 0.5) is 5.95 Å². The molecule has 1 saturated heterocycles. The summed E-state index contributed by atoms with van der Waals surface area (Å²) in [4.78, 5) is 27.3. The molecule has 2 atom stereocenters. The molecular formula is C25H29N5O2S. The minimum atomic E-state index is -0.443. The van der Waals surface area contributed by atoms with Crippen LogP contribution in [-0.4, -0.2) is 53.0 Å². The molecule has 1 aromatic heterocycles. The number of nitrogens with two attached hydrogens (primary N) is 1. The molecule has 0 aliphatic carbocycles. The van der Waals surface area contributed by atoms with Gasteiger partial charge in [0.05, 0.1) is 11.1 Å². The molecule has 1 amide bonds. The van der Waals surface area contributed by atoms with E-state index in [0.717, 1.165) is 28.4 Å². The Morgan fingerprint density at radius 2 is 1.82 bits per heavy atom. The Kier molecular flexibility index (Phi) is 7.15. The summed E-state index contributed by atoms with van der Waals surface area (Å²) in [5.74, 6) is 0.784. The largest absolute Gasteiger partial charge is 0.472 e. The van der Waals surface area contributed by atoms with Crippen LogP contribution in [0.25, 0.3) is 0 Å². The number of nitrogens with zero attached hydrogens (tertiary/aromatic N) is 4. The number of primary amides is 1. The van der Waals surface area contributed by atoms with Crippen LogP contribution in [0, 0.1) is 0 Å². The lowest BCUT2D eigenvalue weighted by Gasteiger charge is -2.42. The molecule has 172 valence electrons. The maximum atomic E-state index is 11.4. The molecule has 7 nitrogen and oxygen atoms in total. The molecule has 2 unspecified atom stereocenters. The number of anilines is 1. The van der Waals surface area contributed by atoms with E-state index < -0.39 is 5.91 Å². The molecule has 3 aromatic rings. The topological polar surface area (TPSA) is 84.6 Å². The molecule has 2 heterocycles. The van der Waals surface area contributed by atoms with E-state index in [1.807, 2.05) is 48.7 Å². The van der Waals surface area contributed by atoms with E-state index in [2.05, 4.69) is 30.7 Å². The van der Waals surface area contributed by atoms with Crippen LogP contribution < -0.4 is 15.4 Å². The van der Waals surface area contributed by atoms with Gasteiger partial charge >= 0.3 is 0 Å². The Hall–Kier alpha value is -3.10. The van der Waals surface area contributed by atoms with Gasteiger partial charge in [0.2, 0.25) is 17.7 Å². The number of piperazine rings is 1. The van der Waals surface area contributed by atoms with Crippen molar-refractivity contribution in [1.82, 2.24) is 14.9 Å². The van der Waals surface area contributed by atoms with Crippen LogP contribution in [0.2, 0.25) is 0 Å². The van der Waals surface area contributed by atoms with Gasteiger partial charge < -0.3 is 15.4 Å². The predicted octanol–water partition coefficient (Wildman–Crippen LogP) is 3.83.